The van der Waals surface area contributed by atoms with E-state index in [2.05, 4.69) is 15.2 Å². The van der Waals surface area contributed by atoms with E-state index in [0.29, 0.717) is 26.1 Å². The number of esters is 1. The van der Waals surface area contributed by atoms with Crippen LogP contribution in [-0.2, 0) is 20.9 Å². The Morgan fingerprint density at radius 2 is 1.90 bits per heavy atom. The molecule has 1 aromatic rings. The summed E-state index contributed by atoms with van der Waals surface area (Å²) in [5.41, 5.74) is 1.12. The molecule has 29 heavy (non-hydrogen) atoms. The lowest BCUT2D eigenvalue weighted by Gasteiger charge is -2.33. The lowest BCUT2D eigenvalue weighted by molar-refractivity contribution is -0.149. The minimum Gasteiger partial charge on any atom is -0.466 e. The van der Waals surface area contributed by atoms with Gasteiger partial charge in [0.1, 0.15) is 0 Å². The third-order valence-corrected chi connectivity index (χ3v) is 4.94. The number of piperidine rings is 1. The van der Waals surface area contributed by atoms with Crippen molar-refractivity contribution in [2.45, 2.75) is 32.7 Å². The molecular formula is C21H33IN4O3. The van der Waals surface area contributed by atoms with Crippen molar-refractivity contribution >= 4 is 41.8 Å². The number of ether oxygens (including phenoxy) is 1. The van der Waals surface area contributed by atoms with Crippen molar-refractivity contribution in [2.24, 2.45) is 10.9 Å². The summed E-state index contributed by atoms with van der Waals surface area (Å²) < 4.78 is 5.11. The van der Waals surface area contributed by atoms with Crippen molar-refractivity contribution in [1.82, 2.24) is 15.1 Å². The number of amides is 1. The van der Waals surface area contributed by atoms with Gasteiger partial charge >= 0.3 is 5.97 Å². The maximum absolute atomic E-state index is 12.4. The molecule has 0 radical (unpaired) electrons. The Labute approximate surface area is 190 Å². The third-order valence-electron chi connectivity index (χ3n) is 4.94. The Balaban J connectivity index is 0.00000420. The average molecular weight is 516 g/mol. The second-order valence-electron chi connectivity index (χ2n) is 6.97. The number of aliphatic imine (C=N–C) groups is 1. The predicted octanol–water partition coefficient (Wildman–Crippen LogP) is 2.50. The van der Waals surface area contributed by atoms with Gasteiger partial charge in [0.15, 0.2) is 5.96 Å². The molecule has 1 fully saturated rings. The number of benzene rings is 1. The maximum Gasteiger partial charge on any atom is 0.309 e. The van der Waals surface area contributed by atoms with Crippen LogP contribution in [0.4, 0.5) is 0 Å². The number of likely N-dealkylation sites (tertiary alicyclic amines) is 1. The van der Waals surface area contributed by atoms with Crippen LogP contribution in [0.2, 0.25) is 0 Å². The van der Waals surface area contributed by atoms with Crippen LogP contribution < -0.4 is 5.32 Å². The van der Waals surface area contributed by atoms with E-state index in [4.69, 9.17) is 4.74 Å². The average Bonchev–Trinajstić information content (AvgIpc) is 2.72. The first-order chi connectivity index (χ1) is 13.5. The van der Waals surface area contributed by atoms with E-state index in [-0.39, 0.29) is 41.8 Å². The van der Waals surface area contributed by atoms with Gasteiger partial charge in [-0.3, -0.25) is 14.6 Å². The first-order valence-corrected chi connectivity index (χ1v) is 9.95. The van der Waals surface area contributed by atoms with E-state index in [0.717, 1.165) is 37.5 Å². The molecule has 1 amide bonds. The largest absolute Gasteiger partial charge is 0.466 e. The number of hydrogen-bond donors (Lipinski definition) is 1. The van der Waals surface area contributed by atoms with Gasteiger partial charge in [0, 0.05) is 46.7 Å². The van der Waals surface area contributed by atoms with Gasteiger partial charge in [-0.05, 0) is 25.3 Å². The standard InChI is InChI=1S/C21H32N4O3.HI/c1-4-28-20(27)18-11-14-25(15-12-18)21(22-2)23-13-10-19(26)24(3)16-17-8-6-5-7-9-17;/h5-9,18H,4,10-16H2,1-3H3,(H,22,23);1H. The van der Waals surface area contributed by atoms with Crippen LogP contribution in [0.5, 0.6) is 0 Å². The monoisotopic (exact) mass is 516 g/mol. The van der Waals surface area contributed by atoms with E-state index in [9.17, 15) is 9.59 Å². The normalized spacial score (nSPS) is 14.7. The topological polar surface area (TPSA) is 74.2 Å². The molecule has 1 heterocycles. The first kappa shape index (κ1) is 25.2. The number of halogens is 1. The summed E-state index contributed by atoms with van der Waals surface area (Å²) in [6.07, 6.45) is 1.93. The number of carbonyl (C=O) groups excluding carboxylic acids is 2. The zero-order valence-electron chi connectivity index (χ0n) is 17.6. The maximum atomic E-state index is 12.4. The van der Waals surface area contributed by atoms with Crippen LogP contribution in [0.15, 0.2) is 35.3 Å². The van der Waals surface area contributed by atoms with Crippen LogP contribution >= 0.6 is 24.0 Å². The molecule has 0 unspecified atom stereocenters. The molecule has 8 heteroatoms. The number of guanidine groups is 1. The Morgan fingerprint density at radius 1 is 1.24 bits per heavy atom. The fourth-order valence-corrected chi connectivity index (χ4v) is 3.34. The van der Waals surface area contributed by atoms with Crippen molar-refractivity contribution in [2.75, 3.05) is 40.3 Å². The molecule has 0 spiro atoms. The van der Waals surface area contributed by atoms with Gasteiger partial charge in [0.25, 0.3) is 0 Å². The molecular weight excluding hydrogens is 483 g/mol. The van der Waals surface area contributed by atoms with Gasteiger partial charge in [0.2, 0.25) is 5.91 Å². The smallest absolute Gasteiger partial charge is 0.309 e. The van der Waals surface area contributed by atoms with Gasteiger partial charge in [-0.2, -0.15) is 0 Å². The van der Waals surface area contributed by atoms with Crippen molar-refractivity contribution in [3.05, 3.63) is 35.9 Å². The summed E-state index contributed by atoms with van der Waals surface area (Å²) in [5.74, 6) is 0.744. The van der Waals surface area contributed by atoms with E-state index in [1.807, 2.05) is 44.3 Å². The van der Waals surface area contributed by atoms with Crippen LogP contribution in [0.25, 0.3) is 0 Å². The molecule has 2 rings (SSSR count). The van der Waals surface area contributed by atoms with Crippen molar-refractivity contribution < 1.29 is 14.3 Å². The SMILES string of the molecule is CCOC(=O)C1CCN(C(=NC)NCCC(=O)N(C)Cc2ccccc2)CC1.I. The molecule has 1 aliphatic heterocycles. The highest BCUT2D eigenvalue weighted by molar-refractivity contribution is 14.0. The number of nitrogens with one attached hydrogen (secondary N) is 1. The number of hydrogen-bond acceptors (Lipinski definition) is 4. The summed E-state index contributed by atoms with van der Waals surface area (Å²) in [4.78, 5) is 32.4. The molecule has 1 aliphatic rings. The molecule has 0 saturated carbocycles. The van der Waals surface area contributed by atoms with Crippen LogP contribution in [0, 0.1) is 5.92 Å². The van der Waals surface area contributed by atoms with Gasteiger partial charge in [0.05, 0.1) is 12.5 Å². The number of nitrogens with zero attached hydrogens (tertiary/aromatic N) is 3. The molecule has 162 valence electrons. The molecule has 0 bridgehead atoms. The van der Waals surface area contributed by atoms with E-state index >= 15 is 0 Å². The van der Waals surface area contributed by atoms with Crippen LogP contribution in [0.3, 0.4) is 0 Å². The van der Waals surface area contributed by atoms with Gasteiger partial charge < -0.3 is 19.9 Å². The van der Waals surface area contributed by atoms with Gasteiger partial charge in [-0.15, -0.1) is 24.0 Å². The molecule has 1 N–H and O–H groups in total. The third kappa shape index (κ3) is 8.20. The molecule has 0 aliphatic carbocycles. The zero-order valence-corrected chi connectivity index (χ0v) is 19.9. The summed E-state index contributed by atoms with van der Waals surface area (Å²) in [7, 11) is 3.56. The first-order valence-electron chi connectivity index (χ1n) is 9.95. The second kappa shape index (κ2) is 13.4. The fraction of sp³-hybridized carbons (Fsp3) is 0.571. The predicted molar refractivity (Wildman–Crippen MR) is 125 cm³/mol. The van der Waals surface area contributed by atoms with Crippen LogP contribution in [-0.4, -0.2) is 68.0 Å². The van der Waals surface area contributed by atoms with Gasteiger partial charge in [-0.25, -0.2) is 0 Å². The van der Waals surface area contributed by atoms with Gasteiger partial charge in [-0.1, -0.05) is 30.3 Å². The minimum absolute atomic E-state index is 0. The summed E-state index contributed by atoms with van der Waals surface area (Å²) in [5, 5.41) is 3.27. The summed E-state index contributed by atoms with van der Waals surface area (Å²) in [6, 6.07) is 9.96. The molecule has 1 saturated heterocycles. The Bertz CT molecular complexity index is 661. The van der Waals surface area contributed by atoms with E-state index in [1.165, 1.54) is 0 Å². The fourth-order valence-electron chi connectivity index (χ4n) is 3.34. The Hall–Kier alpha value is -1.84. The Morgan fingerprint density at radius 3 is 2.48 bits per heavy atom. The minimum atomic E-state index is -0.0999. The van der Waals surface area contributed by atoms with Crippen molar-refractivity contribution in [3.63, 3.8) is 0 Å². The summed E-state index contributed by atoms with van der Waals surface area (Å²) in [6.45, 7) is 4.90. The van der Waals surface area contributed by atoms with Crippen molar-refractivity contribution in [3.8, 4) is 0 Å². The molecule has 0 aromatic heterocycles. The quantitative estimate of drug-likeness (QED) is 0.261. The molecule has 1 aromatic carbocycles. The zero-order chi connectivity index (χ0) is 20.4. The highest BCUT2D eigenvalue weighted by Crippen LogP contribution is 2.18. The molecule has 0 atom stereocenters. The second-order valence-corrected chi connectivity index (χ2v) is 6.97. The highest BCUT2D eigenvalue weighted by Gasteiger charge is 2.27. The number of rotatable bonds is 7. The van der Waals surface area contributed by atoms with Crippen molar-refractivity contribution in [1.29, 1.82) is 0 Å². The molecule has 7 nitrogen and oxygen atoms in total. The lowest BCUT2D eigenvalue weighted by Crippen LogP contribution is -2.47. The highest BCUT2D eigenvalue weighted by atomic mass is 127. The van der Waals surface area contributed by atoms with E-state index in [1.54, 1.807) is 11.9 Å². The van der Waals surface area contributed by atoms with E-state index < -0.39 is 0 Å². The Kier molecular flexibility index (Phi) is 11.6. The lowest BCUT2D eigenvalue weighted by atomic mass is 9.97. The summed E-state index contributed by atoms with van der Waals surface area (Å²) >= 11 is 0. The van der Waals surface area contributed by atoms with Crippen LogP contribution in [0.1, 0.15) is 31.7 Å². The number of carbonyl (C=O) groups is 2.